The van der Waals surface area contributed by atoms with E-state index in [2.05, 4.69) is 0 Å². The number of carbonyl (C=O) groups excluding carboxylic acids is 1. The molecular weight excluding hydrogens is 277 g/mol. The van der Waals surface area contributed by atoms with Crippen molar-refractivity contribution in [1.29, 1.82) is 0 Å². The van der Waals surface area contributed by atoms with E-state index in [-0.39, 0.29) is 31.0 Å². The molecule has 0 atom stereocenters. The minimum absolute atomic E-state index is 0. The van der Waals surface area contributed by atoms with E-state index in [1.54, 1.807) is 12.2 Å². The predicted octanol–water partition coefficient (Wildman–Crippen LogP) is -0.0181. The van der Waals surface area contributed by atoms with E-state index in [1.807, 2.05) is 39.8 Å². The van der Waals surface area contributed by atoms with Crippen molar-refractivity contribution in [2.24, 2.45) is 5.73 Å². The summed E-state index contributed by atoms with van der Waals surface area (Å²) in [6.45, 7) is 7.77. The van der Waals surface area contributed by atoms with Crippen LogP contribution in [-0.2, 0) is 4.79 Å². The summed E-state index contributed by atoms with van der Waals surface area (Å²) in [5.74, 6) is 0.456. The monoisotopic (exact) mass is 297 g/mol. The summed E-state index contributed by atoms with van der Waals surface area (Å²) in [5, 5.41) is 0. The molecule has 0 aromatic heterocycles. The summed E-state index contributed by atoms with van der Waals surface area (Å²) < 4.78 is 11.6. The Morgan fingerprint density at radius 2 is 1.95 bits per heavy atom. The molecule has 0 spiro atoms. The molecule has 0 saturated heterocycles. The molecule has 1 aliphatic rings. The first-order chi connectivity index (χ1) is 9.30. The number of nitrogens with two attached hydrogens (primary N) is 1. The minimum atomic E-state index is -0.631. The number of fused-ring (bicyclic) bond motifs is 1. The number of rotatable bonds is 3. The van der Waals surface area contributed by atoms with Crippen LogP contribution < -0.4 is 44.8 Å². The summed E-state index contributed by atoms with van der Waals surface area (Å²) >= 11 is 0. The quantitative estimate of drug-likeness (QED) is 0.485. The fourth-order valence-corrected chi connectivity index (χ4v) is 2.24. The number of amides is 1. The number of benzene rings is 1. The van der Waals surface area contributed by atoms with Crippen molar-refractivity contribution in [3.63, 3.8) is 0 Å². The van der Waals surface area contributed by atoms with Crippen LogP contribution in [-0.4, -0.2) is 11.7 Å². The molecule has 1 aromatic carbocycles. The van der Waals surface area contributed by atoms with Gasteiger partial charge < -0.3 is 16.6 Å². The number of carbonyl (C=O) groups is 1. The van der Waals surface area contributed by atoms with Crippen LogP contribution in [0.5, 0.6) is 11.5 Å². The summed E-state index contributed by atoms with van der Waals surface area (Å²) in [7, 11) is 0. The van der Waals surface area contributed by atoms with Crippen LogP contribution >= 0.6 is 0 Å². The SMILES string of the molecule is Cc1cc2c(c(C)c1C=CC=CC(N)=O)OC(C)(C)O2.[H-].[Na+]. The molecule has 1 heterocycles. The van der Waals surface area contributed by atoms with E-state index in [0.29, 0.717) is 0 Å². The first-order valence-electron chi connectivity index (χ1n) is 6.46. The van der Waals surface area contributed by atoms with Gasteiger partial charge in [0.2, 0.25) is 11.7 Å². The fourth-order valence-electron chi connectivity index (χ4n) is 2.24. The van der Waals surface area contributed by atoms with Crippen LogP contribution in [0, 0.1) is 13.8 Å². The van der Waals surface area contributed by atoms with Gasteiger partial charge in [-0.05, 0) is 31.0 Å². The van der Waals surface area contributed by atoms with Gasteiger partial charge >= 0.3 is 29.6 Å². The van der Waals surface area contributed by atoms with Gasteiger partial charge in [-0.3, -0.25) is 4.79 Å². The number of aryl methyl sites for hydroxylation is 1. The molecule has 0 fully saturated rings. The maximum absolute atomic E-state index is 10.6. The zero-order valence-corrected chi connectivity index (χ0v) is 15.2. The van der Waals surface area contributed by atoms with Crippen LogP contribution in [0.25, 0.3) is 6.08 Å². The van der Waals surface area contributed by atoms with Crippen molar-refractivity contribution >= 4 is 12.0 Å². The number of primary amides is 1. The van der Waals surface area contributed by atoms with E-state index >= 15 is 0 Å². The van der Waals surface area contributed by atoms with Crippen molar-refractivity contribution in [1.82, 2.24) is 0 Å². The van der Waals surface area contributed by atoms with E-state index in [9.17, 15) is 4.79 Å². The van der Waals surface area contributed by atoms with Gasteiger partial charge in [0.1, 0.15) is 0 Å². The second kappa shape index (κ2) is 6.69. The molecule has 2 rings (SSSR count). The van der Waals surface area contributed by atoms with Crippen molar-refractivity contribution in [3.8, 4) is 11.5 Å². The van der Waals surface area contributed by atoms with Gasteiger partial charge in [0.25, 0.3) is 0 Å². The number of allylic oxidation sites excluding steroid dienone is 2. The minimum Gasteiger partial charge on any atom is -1.00 e. The van der Waals surface area contributed by atoms with Gasteiger partial charge in [0.05, 0.1) is 0 Å². The molecule has 1 aromatic rings. The van der Waals surface area contributed by atoms with Crippen LogP contribution in [0.2, 0.25) is 0 Å². The Morgan fingerprint density at radius 1 is 1.29 bits per heavy atom. The first-order valence-corrected chi connectivity index (χ1v) is 6.46. The zero-order chi connectivity index (χ0) is 14.9. The Labute approximate surface area is 148 Å². The summed E-state index contributed by atoms with van der Waals surface area (Å²) in [4.78, 5) is 10.6. The molecule has 1 amide bonds. The van der Waals surface area contributed by atoms with Crippen LogP contribution in [0.15, 0.2) is 24.3 Å². The Morgan fingerprint density at radius 3 is 2.57 bits per heavy atom. The van der Waals surface area contributed by atoms with E-state index in [4.69, 9.17) is 15.2 Å². The zero-order valence-electron chi connectivity index (χ0n) is 14.2. The molecular formula is C16H20NNaO3. The first kappa shape index (κ1) is 17.8. The van der Waals surface area contributed by atoms with Gasteiger partial charge in [-0.15, -0.1) is 0 Å². The predicted molar refractivity (Wildman–Crippen MR) is 79.7 cm³/mol. The van der Waals surface area contributed by atoms with Crippen LogP contribution in [0.3, 0.4) is 0 Å². The van der Waals surface area contributed by atoms with Gasteiger partial charge in [-0.1, -0.05) is 18.2 Å². The standard InChI is InChI=1S/C16H19NO3.Na.H/c1-10-9-13-15(20-16(3,4)19-13)11(2)12(10)7-5-6-8-14(17)18;;/h5-9H,1-4H3,(H2,17,18);;/q;+1;-1. The smallest absolute Gasteiger partial charge is 1.00 e. The second-order valence-corrected chi connectivity index (χ2v) is 5.28. The normalized spacial score (nSPS) is 15.4. The Kier molecular flexibility index (Phi) is 5.68. The maximum Gasteiger partial charge on any atom is 1.00 e. The third-order valence-corrected chi connectivity index (χ3v) is 3.08. The number of ether oxygens (including phenoxy) is 2. The maximum atomic E-state index is 10.6. The second-order valence-electron chi connectivity index (χ2n) is 5.28. The van der Waals surface area contributed by atoms with E-state index in [0.717, 1.165) is 28.2 Å². The van der Waals surface area contributed by atoms with Gasteiger partial charge in [-0.2, -0.15) is 0 Å². The molecule has 0 saturated carbocycles. The topological polar surface area (TPSA) is 61.6 Å². The molecule has 0 radical (unpaired) electrons. The van der Waals surface area contributed by atoms with Crippen molar-refractivity contribution in [2.45, 2.75) is 33.5 Å². The van der Waals surface area contributed by atoms with Crippen LogP contribution in [0.4, 0.5) is 0 Å². The van der Waals surface area contributed by atoms with Gasteiger partial charge in [-0.25, -0.2) is 0 Å². The third-order valence-electron chi connectivity index (χ3n) is 3.08. The van der Waals surface area contributed by atoms with E-state index in [1.165, 1.54) is 6.08 Å². The largest absolute Gasteiger partial charge is 1.00 e. The Bertz CT molecular complexity index is 624. The average Bonchev–Trinajstić information content (AvgIpc) is 2.62. The molecule has 2 N–H and O–H groups in total. The molecule has 1 aliphatic heterocycles. The molecule has 0 bridgehead atoms. The van der Waals surface area contributed by atoms with Crippen molar-refractivity contribution < 1.29 is 45.3 Å². The molecule has 4 nitrogen and oxygen atoms in total. The molecule has 21 heavy (non-hydrogen) atoms. The molecule has 5 heteroatoms. The van der Waals surface area contributed by atoms with Gasteiger partial charge in [0.15, 0.2) is 11.5 Å². The molecule has 0 aliphatic carbocycles. The fraction of sp³-hybridized carbons (Fsp3) is 0.312. The summed E-state index contributed by atoms with van der Waals surface area (Å²) in [6.07, 6.45) is 6.65. The Hall–Kier alpha value is -1.23. The molecule has 0 unspecified atom stereocenters. The third kappa shape index (κ3) is 4.13. The van der Waals surface area contributed by atoms with E-state index < -0.39 is 11.7 Å². The number of hydrogen-bond acceptors (Lipinski definition) is 3. The van der Waals surface area contributed by atoms with Crippen molar-refractivity contribution in [2.75, 3.05) is 0 Å². The van der Waals surface area contributed by atoms with Crippen LogP contribution in [0.1, 0.15) is 32.0 Å². The number of hydrogen-bond donors (Lipinski definition) is 1. The van der Waals surface area contributed by atoms with Gasteiger partial charge in [0, 0.05) is 25.5 Å². The van der Waals surface area contributed by atoms with Crippen molar-refractivity contribution in [3.05, 3.63) is 41.0 Å². The molecule has 108 valence electrons. The summed E-state index contributed by atoms with van der Waals surface area (Å²) in [5.41, 5.74) is 8.21. The average molecular weight is 297 g/mol. The Balaban J connectivity index is 0.00000220. The summed E-state index contributed by atoms with van der Waals surface area (Å²) in [6, 6.07) is 1.97.